The van der Waals surface area contributed by atoms with Crippen LogP contribution in [0.1, 0.15) is 27.9 Å². The van der Waals surface area contributed by atoms with E-state index in [1.807, 2.05) is 12.1 Å². The summed E-state index contributed by atoms with van der Waals surface area (Å²) in [5, 5.41) is 15.6. The van der Waals surface area contributed by atoms with E-state index in [1.54, 1.807) is 41.3 Å². The van der Waals surface area contributed by atoms with Crippen LogP contribution in [-0.4, -0.2) is 54.7 Å². The van der Waals surface area contributed by atoms with Crippen molar-refractivity contribution < 1.29 is 18.7 Å². The summed E-state index contributed by atoms with van der Waals surface area (Å²) in [6.07, 6.45) is 0.883. The topological polar surface area (TPSA) is 107 Å². The molecule has 3 aromatic rings. The van der Waals surface area contributed by atoms with Gasteiger partial charge in [-0.2, -0.15) is 5.26 Å². The second kappa shape index (κ2) is 11.3. The highest BCUT2D eigenvalue weighted by Gasteiger charge is 2.33. The van der Waals surface area contributed by atoms with Crippen LogP contribution in [0.25, 0.3) is 11.3 Å². The molecule has 1 saturated heterocycles. The van der Waals surface area contributed by atoms with E-state index < -0.39 is 6.09 Å². The molecular formula is C27H26FN5O3. The normalized spacial score (nSPS) is 14.4. The van der Waals surface area contributed by atoms with Gasteiger partial charge in [0.25, 0.3) is 5.91 Å². The number of rotatable bonds is 8. The minimum atomic E-state index is -0.414. The fourth-order valence-electron chi connectivity index (χ4n) is 4.07. The average molecular weight is 488 g/mol. The highest BCUT2D eigenvalue weighted by atomic mass is 19.1. The van der Waals surface area contributed by atoms with E-state index in [1.165, 1.54) is 19.2 Å². The molecule has 2 heterocycles. The van der Waals surface area contributed by atoms with Crippen molar-refractivity contribution in [3.63, 3.8) is 0 Å². The molecule has 2 aromatic carbocycles. The van der Waals surface area contributed by atoms with Gasteiger partial charge in [-0.15, -0.1) is 0 Å². The minimum absolute atomic E-state index is 0.125. The molecular weight excluding hydrogens is 461 g/mol. The number of methoxy groups -OCH3 is 1. The summed E-state index contributed by atoms with van der Waals surface area (Å²) in [5.41, 5.74) is 2.82. The molecule has 1 atom stereocenters. The number of hydrogen-bond donors (Lipinski definition) is 2. The number of ether oxygens (including phenoxy) is 1. The SMILES string of the molecule is COC(=O)N1CC[C@@H]1CNC(=O)c1ccc(-c2ccccc2C#N)nc1NCCc1cccc(F)c1. The van der Waals surface area contributed by atoms with Gasteiger partial charge in [0.2, 0.25) is 0 Å². The number of likely N-dealkylation sites (tertiary alicyclic amines) is 1. The number of nitriles is 1. The molecule has 0 spiro atoms. The lowest BCUT2D eigenvalue weighted by molar-refractivity contribution is 0.0590. The summed E-state index contributed by atoms with van der Waals surface area (Å²) in [5.74, 6) is -0.294. The van der Waals surface area contributed by atoms with Crippen LogP contribution in [-0.2, 0) is 11.2 Å². The Morgan fingerprint density at radius 1 is 1.19 bits per heavy atom. The Kier molecular flexibility index (Phi) is 7.75. The lowest BCUT2D eigenvalue weighted by Crippen LogP contribution is -2.55. The number of carbonyl (C=O) groups is 2. The Morgan fingerprint density at radius 3 is 2.75 bits per heavy atom. The van der Waals surface area contributed by atoms with E-state index >= 15 is 0 Å². The van der Waals surface area contributed by atoms with Crippen LogP contribution >= 0.6 is 0 Å². The molecule has 0 bridgehead atoms. The Morgan fingerprint density at radius 2 is 2.03 bits per heavy atom. The molecule has 8 nitrogen and oxygen atoms in total. The van der Waals surface area contributed by atoms with Crippen molar-refractivity contribution in [3.05, 3.63) is 83.2 Å². The smallest absolute Gasteiger partial charge is 0.409 e. The number of nitrogens with one attached hydrogen (secondary N) is 2. The summed E-state index contributed by atoms with van der Waals surface area (Å²) in [4.78, 5) is 31.1. The van der Waals surface area contributed by atoms with E-state index in [0.29, 0.717) is 47.7 Å². The van der Waals surface area contributed by atoms with Gasteiger partial charge < -0.3 is 20.3 Å². The molecule has 0 radical (unpaired) electrons. The maximum absolute atomic E-state index is 13.5. The van der Waals surface area contributed by atoms with Crippen molar-refractivity contribution in [2.75, 3.05) is 32.1 Å². The Labute approximate surface area is 208 Å². The number of carbonyl (C=O) groups excluding carboxylic acids is 2. The van der Waals surface area contributed by atoms with E-state index in [0.717, 1.165) is 12.0 Å². The number of amides is 2. The summed E-state index contributed by atoms with van der Waals surface area (Å²) in [6, 6.07) is 18.9. The zero-order valence-electron chi connectivity index (χ0n) is 19.8. The molecule has 1 fully saturated rings. The van der Waals surface area contributed by atoms with Crippen molar-refractivity contribution >= 4 is 17.8 Å². The van der Waals surface area contributed by atoms with Crippen LogP contribution in [0.4, 0.5) is 15.0 Å². The number of nitrogens with zero attached hydrogens (tertiary/aromatic N) is 3. The van der Waals surface area contributed by atoms with Crippen molar-refractivity contribution in [2.24, 2.45) is 0 Å². The molecule has 184 valence electrons. The largest absolute Gasteiger partial charge is 0.453 e. The van der Waals surface area contributed by atoms with E-state index in [4.69, 9.17) is 4.74 Å². The van der Waals surface area contributed by atoms with E-state index in [9.17, 15) is 19.2 Å². The van der Waals surface area contributed by atoms with Crippen LogP contribution in [0.2, 0.25) is 0 Å². The minimum Gasteiger partial charge on any atom is -0.453 e. The molecule has 9 heteroatoms. The standard InChI is InChI=1S/C27H26FN5O3/c1-36-27(35)33-14-12-21(33)17-31-26(34)23-9-10-24(22-8-3-2-6-19(22)16-29)32-25(23)30-13-11-18-5-4-7-20(28)15-18/h2-10,15,21H,11-14,17H2,1H3,(H,30,32)(H,31,34)/t21-/m1/s1. The summed E-state index contributed by atoms with van der Waals surface area (Å²) in [6.45, 7) is 1.29. The van der Waals surface area contributed by atoms with Gasteiger partial charge in [-0.3, -0.25) is 4.79 Å². The van der Waals surface area contributed by atoms with Gasteiger partial charge in [0.15, 0.2) is 0 Å². The Hall–Kier alpha value is -4.45. The highest BCUT2D eigenvalue weighted by molar-refractivity contribution is 5.99. The number of pyridine rings is 1. The first-order chi connectivity index (χ1) is 17.5. The summed E-state index contributed by atoms with van der Waals surface area (Å²) in [7, 11) is 1.33. The van der Waals surface area contributed by atoms with Crippen molar-refractivity contribution in [1.82, 2.24) is 15.2 Å². The van der Waals surface area contributed by atoms with E-state index in [-0.39, 0.29) is 24.3 Å². The second-order valence-electron chi connectivity index (χ2n) is 8.37. The van der Waals surface area contributed by atoms with Gasteiger partial charge in [0.1, 0.15) is 11.6 Å². The van der Waals surface area contributed by atoms with Crippen LogP contribution in [0.15, 0.2) is 60.7 Å². The van der Waals surface area contributed by atoms with Gasteiger partial charge in [-0.05, 0) is 48.7 Å². The molecule has 2 N–H and O–H groups in total. The van der Waals surface area contributed by atoms with E-state index in [2.05, 4.69) is 21.7 Å². The van der Waals surface area contributed by atoms with Gasteiger partial charge in [-0.25, -0.2) is 14.2 Å². The molecule has 1 aliphatic heterocycles. The molecule has 4 rings (SSSR count). The first-order valence-electron chi connectivity index (χ1n) is 11.6. The third-order valence-electron chi connectivity index (χ3n) is 6.11. The monoisotopic (exact) mass is 487 g/mol. The summed E-state index contributed by atoms with van der Waals surface area (Å²) < 4.78 is 18.3. The quantitative estimate of drug-likeness (QED) is 0.498. The van der Waals surface area contributed by atoms with Crippen molar-refractivity contribution in [3.8, 4) is 17.3 Å². The molecule has 1 aliphatic rings. The predicted octanol–water partition coefficient (Wildman–Crippen LogP) is 3.98. The van der Waals surface area contributed by atoms with Crippen LogP contribution in [0.3, 0.4) is 0 Å². The van der Waals surface area contributed by atoms with Gasteiger partial charge in [0.05, 0.1) is 36.0 Å². The number of aromatic nitrogens is 1. The van der Waals surface area contributed by atoms with Crippen LogP contribution in [0.5, 0.6) is 0 Å². The number of anilines is 1. The lowest BCUT2D eigenvalue weighted by atomic mass is 10.0. The predicted molar refractivity (Wildman–Crippen MR) is 133 cm³/mol. The molecule has 0 saturated carbocycles. The zero-order chi connectivity index (χ0) is 25.5. The fourth-order valence-corrected chi connectivity index (χ4v) is 4.07. The van der Waals surface area contributed by atoms with Crippen molar-refractivity contribution in [1.29, 1.82) is 5.26 Å². The first kappa shape index (κ1) is 24.7. The number of benzene rings is 2. The van der Waals surface area contributed by atoms with Gasteiger partial charge in [-0.1, -0.05) is 30.3 Å². The number of halogens is 1. The average Bonchev–Trinajstić information content (AvgIpc) is 2.88. The highest BCUT2D eigenvalue weighted by Crippen LogP contribution is 2.25. The third kappa shape index (κ3) is 5.61. The van der Waals surface area contributed by atoms with Crippen LogP contribution < -0.4 is 10.6 Å². The van der Waals surface area contributed by atoms with Gasteiger partial charge in [0, 0.05) is 25.2 Å². The molecule has 0 unspecified atom stereocenters. The molecule has 0 aliphatic carbocycles. The third-order valence-corrected chi connectivity index (χ3v) is 6.11. The maximum Gasteiger partial charge on any atom is 0.409 e. The van der Waals surface area contributed by atoms with Gasteiger partial charge >= 0.3 is 6.09 Å². The number of hydrogen-bond acceptors (Lipinski definition) is 6. The molecule has 36 heavy (non-hydrogen) atoms. The fraction of sp³-hybridized carbons (Fsp3) is 0.259. The van der Waals surface area contributed by atoms with Crippen LogP contribution in [0, 0.1) is 17.1 Å². The Bertz CT molecular complexity index is 1310. The molecule has 2 amide bonds. The lowest BCUT2D eigenvalue weighted by Gasteiger charge is -2.39. The zero-order valence-corrected chi connectivity index (χ0v) is 19.8. The summed E-state index contributed by atoms with van der Waals surface area (Å²) >= 11 is 0. The maximum atomic E-state index is 13.5. The first-order valence-corrected chi connectivity index (χ1v) is 11.6. The second-order valence-corrected chi connectivity index (χ2v) is 8.37. The van der Waals surface area contributed by atoms with Crippen molar-refractivity contribution in [2.45, 2.75) is 18.9 Å². The molecule has 1 aromatic heterocycles. The Balaban J connectivity index is 1.53.